The van der Waals surface area contributed by atoms with Gasteiger partial charge in [-0.15, -0.1) is 0 Å². The van der Waals surface area contributed by atoms with E-state index in [1.54, 1.807) is 24.4 Å². The van der Waals surface area contributed by atoms with Crippen LogP contribution in [0.1, 0.15) is 15.9 Å². The molecule has 1 aliphatic rings. The fourth-order valence-corrected chi connectivity index (χ4v) is 4.02. The summed E-state index contributed by atoms with van der Waals surface area (Å²) in [6.07, 6.45) is 4.28. The van der Waals surface area contributed by atoms with E-state index in [-0.39, 0.29) is 18.0 Å². The smallest absolute Gasteiger partial charge is 0.231 e. The number of benzene rings is 2. The maximum absolute atomic E-state index is 14.9. The summed E-state index contributed by atoms with van der Waals surface area (Å²) < 4.78 is 53.9. The largest absolute Gasteiger partial charge is 0.454 e. The molecule has 0 fully saturated rings. The highest BCUT2D eigenvalue weighted by Crippen LogP contribution is 2.36. The number of carbonyl (C=O) groups is 1. The Labute approximate surface area is 183 Å². The molecule has 0 radical (unpaired) electrons. The van der Waals surface area contributed by atoms with Crippen molar-refractivity contribution in [3.05, 3.63) is 71.6 Å². The molecule has 5 rings (SSSR count). The molecular weight excluding hydrogens is 440 g/mol. The third kappa shape index (κ3) is 3.38. The number of hydrogen-bond donors (Lipinski definition) is 2. The van der Waals surface area contributed by atoms with E-state index in [9.17, 15) is 17.8 Å². The minimum absolute atomic E-state index is 0.0580. The van der Waals surface area contributed by atoms with Crippen LogP contribution in [0.25, 0.3) is 22.2 Å². The number of halogens is 2. The quantitative estimate of drug-likeness (QED) is 0.441. The lowest BCUT2D eigenvalue weighted by Gasteiger charge is -2.09. The average Bonchev–Trinajstić information content (AvgIpc) is 3.41. The summed E-state index contributed by atoms with van der Waals surface area (Å²) in [5, 5.41) is 0.404. The molecule has 0 bridgehead atoms. The monoisotopic (exact) mass is 455 g/mol. The van der Waals surface area contributed by atoms with Gasteiger partial charge in [0.1, 0.15) is 22.5 Å². The number of ether oxygens (including phenoxy) is 2. The number of hydrogen-bond acceptors (Lipinski definition) is 5. The van der Waals surface area contributed by atoms with Crippen LogP contribution >= 0.6 is 0 Å². The van der Waals surface area contributed by atoms with Gasteiger partial charge in [0.15, 0.2) is 17.3 Å². The number of fused-ring (bicyclic) bond motifs is 2. The molecule has 0 amide bonds. The van der Waals surface area contributed by atoms with Gasteiger partial charge in [-0.1, -0.05) is 6.07 Å². The van der Waals surface area contributed by atoms with Gasteiger partial charge < -0.3 is 19.2 Å². The Hall–Kier alpha value is -3.79. The van der Waals surface area contributed by atoms with E-state index in [4.69, 9.17) is 9.47 Å². The highest BCUT2D eigenvalue weighted by Gasteiger charge is 2.25. The lowest BCUT2D eigenvalue weighted by Crippen LogP contribution is -2.11. The van der Waals surface area contributed by atoms with E-state index in [1.165, 1.54) is 12.5 Å². The van der Waals surface area contributed by atoms with Gasteiger partial charge in [0.2, 0.25) is 12.6 Å². The first-order chi connectivity index (χ1) is 15.4. The maximum atomic E-state index is 14.9. The van der Waals surface area contributed by atoms with Crippen LogP contribution in [0.4, 0.5) is 14.5 Å². The number of pyridine rings is 1. The molecule has 2 aromatic carbocycles. The van der Waals surface area contributed by atoms with Crippen molar-refractivity contribution in [3.63, 3.8) is 0 Å². The van der Waals surface area contributed by atoms with Crippen molar-refractivity contribution in [2.24, 2.45) is 0 Å². The average molecular weight is 455 g/mol. The molecular formula is C22H15F2N3O4S. The standard InChI is InChI=1S/C22H15F2N3O4S/c1-32(29)27-16-4-3-15(23)19(20(16)24)21(28)14-9-26-22-13(14)6-12(8-25-22)11-2-5-17-18(7-11)31-10-30-17/h2-9,27H,10H2,1H3,(H,25,26). The predicted molar refractivity (Wildman–Crippen MR) is 115 cm³/mol. The molecule has 1 aliphatic heterocycles. The van der Waals surface area contributed by atoms with Gasteiger partial charge in [-0.25, -0.2) is 18.0 Å². The summed E-state index contributed by atoms with van der Waals surface area (Å²) in [4.78, 5) is 20.3. The van der Waals surface area contributed by atoms with Crippen molar-refractivity contribution in [3.8, 4) is 22.6 Å². The zero-order valence-corrected chi connectivity index (χ0v) is 17.4. The predicted octanol–water partition coefficient (Wildman–Crippen LogP) is 4.17. The first kappa shape index (κ1) is 20.1. The molecule has 7 nitrogen and oxygen atoms in total. The number of aromatic nitrogens is 2. The first-order valence-electron chi connectivity index (χ1n) is 9.42. The topological polar surface area (TPSA) is 93.3 Å². The number of H-pyrrole nitrogens is 1. The van der Waals surface area contributed by atoms with Crippen LogP contribution in [0.5, 0.6) is 11.5 Å². The zero-order valence-electron chi connectivity index (χ0n) is 16.6. The number of rotatable bonds is 5. The van der Waals surface area contributed by atoms with E-state index in [0.717, 1.165) is 17.7 Å². The van der Waals surface area contributed by atoms with E-state index >= 15 is 0 Å². The second-order valence-electron chi connectivity index (χ2n) is 7.06. The Morgan fingerprint density at radius 2 is 1.94 bits per heavy atom. The van der Waals surface area contributed by atoms with Crippen LogP contribution in [0.3, 0.4) is 0 Å². The molecule has 32 heavy (non-hydrogen) atoms. The molecule has 1 atom stereocenters. The molecule has 2 N–H and O–H groups in total. The summed E-state index contributed by atoms with van der Waals surface area (Å²) in [6.45, 7) is 0.142. The second kappa shape index (κ2) is 7.72. The molecule has 1 unspecified atom stereocenters. The normalized spacial score (nSPS) is 13.3. The van der Waals surface area contributed by atoms with Crippen molar-refractivity contribution >= 4 is 33.5 Å². The third-order valence-corrected chi connectivity index (χ3v) is 5.56. The molecule has 2 aromatic heterocycles. The summed E-state index contributed by atoms with van der Waals surface area (Å²) in [5.41, 5.74) is 0.939. The van der Waals surface area contributed by atoms with Crippen LogP contribution in [0, 0.1) is 11.6 Å². The Bertz CT molecular complexity index is 1420. The molecule has 3 heterocycles. The van der Waals surface area contributed by atoms with Gasteiger partial charge in [-0.05, 0) is 35.9 Å². The maximum Gasteiger partial charge on any atom is 0.231 e. The highest BCUT2D eigenvalue weighted by molar-refractivity contribution is 7.85. The van der Waals surface area contributed by atoms with Crippen molar-refractivity contribution in [2.45, 2.75) is 0 Å². The third-order valence-electron chi connectivity index (χ3n) is 5.05. The number of nitrogens with zero attached hydrogens (tertiary/aromatic N) is 1. The van der Waals surface area contributed by atoms with E-state index in [0.29, 0.717) is 28.1 Å². The van der Waals surface area contributed by atoms with Crippen LogP contribution < -0.4 is 14.2 Å². The Kier molecular flexibility index (Phi) is 4.86. The summed E-state index contributed by atoms with van der Waals surface area (Å²) in [7, 11) is -1.60. The molecule has 0 saturated heterocycles. The van der Waals surface area contributed by atoms with Crippen LogP contribution in [0.15, 0.2) is 48.8 Å². The number of anilines is 1. The molecule has 10 heteroatoms. The summed E-state index contributed by atoms with van der Waals surface area (Å²) in [6, 6.07) is 9.14. The number of ketones is 1. The number of nitrogens with one attached hydrogen (secondary N) is 2. The SMILES string of the molecule is CS(=O)Nc1ccc(F)c(C(=O)c2c[nH]c3ncc(-c4ccc5c(c4)OCO5)cc23)c1F. The summed E-state index contributed by atoms with van der Waals surface area (Å²) >= 11 is 0. The molecule has 0 spiro atoms. The van der Waals surface area contributed by atoms with Gasteiger partial charge in [0.25, 0.3) is 0 Å². The second-order valence-corrected chi connectivity index (χ2v) is 8.17. The lowest BCUT2D eigenvalue weighted by atomic mass is 9.99. The minimum Gasteiger partial charge on any atom is -0.454 e. The number of carbonyl (C=O) groups excluding carboxylic acids is 1. The van der Waals surface area contributed by atoms with Crippen molar-refractivity contribution < 1.29 is 27.3 Å². The Morgan fingerprint density at radius 1 is 1.12 bits per heavy atom. The van der Waals surface area contributed by atoms with Gasteiger partial charge in [0.05, 0.1) is 11.3 Å². The highest BCUT2D eigenvalue weighted by atomic mass is 32.2. The molecule has 162 valence electrons. The molecule has 0 saturated carbocycles. The van der Waals surface area contributed by atoms with E-state index < -0.39 is 34.0 Å². The van der Waals surface area contributed by atoms with Gasteiger partial charge in [-0.2, -0.15) is 0 Å². The van der Waals surface area contributed by atoms with Gasteiger partial charge >= 0.3 is 0 Å². The van der Waals surface area contributed by atoms with E-state index in [1.807, 2.05) is 6.07 Å². The van der Waals surface area contributed by atoms with Crippen LogP contribution in [-0.4, -0.2) is 33.0 Å². The van der Waals surface area contributed by atoms with Crippen molar-refractivity contribution in [1.82, 2.24) is 9.97 Å². The van der Waals surface area contributed by atoms with E-state index in [2.05, 4.69) is 14.7 Å². The Morgan fingerprint density at radius 3 is 2.75 bits per heavy atom. The van der Waals surface area contributed by atoms with Crippen molar-refractivity contribution in [1.29, 1.82) is 0 Å². The summed E-state index contributed by atoms with van der Waals surface area (Å²) in [5.74, 6) is -1.77. The fourth-order valence-electron chi connectivity index (χ4n) is 3.55. The van der Waals surface area contributed by atoms with Crippen molar-refractivity contribution in [2.75, 3.05) is 17.8 Å². The first-order valence-corrected chi connectivity index (χ1v) is 11.0. The van der Waals surface area contributed by atoms with Gasteiger partial charge in [-0.3, -0.25) is 4.79 Å². The fraction of sp³-hybridized carbons (Fsp3) is 0.0909. The van der Waals surface area contributed by atoms with Crippen LogP contribution in [-0.2, 0) is 11.0 Å². The zero-order chi connectivity index (χ0) is 22.4. The number of aromatic amines is 1. The Balaban J connectivity index is 1.59. The van der Waals surface area contributed by atoms with Crippen LogP contribution in [0.2, 0.25) is 0 Å². The molecule has 4 aromatic rings. The van der Waals surface area contributed by atoms with Gasteiger partial charge in [0, 0.05) is 35.2 Å². The minimum atomic E-state index is -1.60. The molecule has 0 aliphatic carbocycles. The lowest BCUT2D eigenvalue weighted by molar-refractivity contribution is 0.103.